The van der Waals surface area contributed by atoms with E-state index in [1.54, 1.807) is 0 Å². The van der Waals surface area contributed by atoms with E-state index >= 15 is 0 Å². The second-order valence-corrected chi connectivity index (χ2v) is 16.0. The van der Waals surface area contributed by atoms with E-state index in [9.17, 15) is 0 Å². The molecule has 0 radical (unpaired) electrons. The van der Waals surface area contributed by atoms with Crippen LogP contribution in [0.25, 0.3) is 83.0 Å². The van der Waals surface area contributed by atoms with Crippen LogP contribution in [0, 0.1) is 0 Å². The Bertz CT molecular complexity index is 3370. The van der Waals surface area contributed by atoms with Crippen molar-refractivity contribution in [3.63, 3.8) is 0 Å². The molecule has 0 N–H and O–H groups in total. The molecule has 0 saturated heterocycles. The van der Waals surface area contributed by atoms with Crippen LogP contribution in [0.15, 0.2) is 191 Å². The van der Waals surface area contributed by atoms with Crippen molar-refractivity contribution in [2.45, 2.75) is 24.4 Å². The predicted molar refractivity (Wildman–Crippen MR) is 239 cm³/mol. The number of rotatable bonds is 4. The summed E-state index contributed by atoms with van der Waals surface area (Å²) in [4.78, 5) is 2.49. The molecule has 10 aromatic rings. The van der Waals surface area contributed by atoms with Gasteiger partial charge in [-0.15, -0.1) is 0 Å². The van der Waals surface area contributed by atoms with Gasteiger partial charge in [-0.1, -0.05) is 115 Å². The molecule has 58 heavy (non-hydrogen) atoms. The molecule has 0 spiro atoms. The van der Waals surface area contributed by atoms with Crippen LogP contribution in [0.2, 0.25) is 0 Å². The first-order valence-corrected chi connectivity index (χ1v) is 20.3. The number of allylic oxidation sites excluding steroid dienone is 3. The molecule has 2 aliphatic carbocycles. The fraction of sp³-hybridized carbons (Fsp3) is 0.0741. The lowest BCUT2D eigenvalue weighted by molar-refractivity contribution is 0.572. The van der Waals surface area contributed by atoms with Gasteiger partial charge in [-0.25, -0.2) is 0 Å². The molecular weight excluding hydrogens is 709 g/mol. The van der Waals surface area contributed by atoms with Gasteiger partial charge in [0.2, 0.25) is 0 Å². The van der Waals surface area contributed by atoms with E-state index < -0.39 is 0 Å². The Balaban J connectivity index is 0.859. The Morgan fingerprint density at radius 3 is 1.91 bits per heavy atom. The van der Waals surface area contributed by atoms with Gasteiger partial charge in [0.15, 0.2) is 0 Å². The molecule has 13 rings (SSSR count). The van der Waals surface area contributed by atoms with E-state index in [0.717, 1.165) is 45.3 Å². The average molecular weight is 745 g/mol. The van der Waals surface area contributed by atoms with Crippen LogP contribution < -0.4 is 4.90 Å². The quantitative estimate of drug-likeness (QED) is 0.180. The van der Waals surface area contributed by atoms with Crippen LogP contribution in [-0.4, -0.2) is 10.6 Å². The number of para-hydroxylation sites is 3. The van der Waals surface area contributed by atoms with E-state index in [0.29, 0.717) is 5.92 Å². The topological polar surface area (TPSA) is 34.5 Å². The lowest BCUT2D eigenvalue weighted by Gasteiger charge is -2.28. The summed E-state index contributed by atoms with van der Waals surface area (Å²) in [5.41, 5.74) is 15.0. The summed E-state index contributed by atoms with van der Waals surface area (Å²) in [5, 5.41) is 6.03. The average Bonchev–Trinajstić information content (AvgIpc) is 4.03. The first-order chi connectivity index (χ1) is 28.7. The van der Waals surface area contributed by atoms with E-state index in [4.69, 9.17) is 8.83 Å². The number of aromatic nitrogens is 1. The first kappa shape index (κ1) is 31.9. The summed E-state index contributed by atoms with van der Waals surface area (Å²) >= 11 is 0. The molecular formula is C54H36N2O2. The molecule has 0 fully saturated rings. The van der Waals surface area contributed by atoms with Gasteiger partial charge in [0.1, 0.15) is 22.5 Å². The Morgan fingerprint density at radius 2 is 1.12 bits per heavy atom. The van der Waals surface area contributed by atoms with Crippen LogP contribution in [-0.2, 0) is 6.42 Å². The van der Waals surface area contributed by atoms with Gasteiger partial charge >= 0.3 is 0 Å². The van der Waals surface area contributed by atoms with Gasteiger partial charge in [0.05, 0.1) is 12.1 Å². The predicted octanol–water partition coefficient (Wildman–Crippen LogP) is 14.3. The molecule has 0 amide bonds. The van der Waals surface area contributed by atoms with Crippen molar-refractivity contribution in [1.82, 2.24) is 4.57 Å². The van der Waals surface area contributed by atoms with Crippen molar-refractivity contribution in [3.05, 3.63) is 199 Å². The van der Waals surface area contributed by atoms with Crippen molar-refractivity contribution in [3.8, 4) is 22.3 Å². The summed E-state index contributed by atoms with van der Waals surface area (Å²) in [5.74, 6) is 1.30. The third kappa shape index (κ3) is 4.63. The normalized spacial score (nSPS) is 18.2. The van der Waals surface area contributed by atoms with Crippen LogP contribution in [0.1, 0.15) is 28.8 Å². The van der Waals surface area contributed by atoms with E-state index in [1.165, 1.54) is 66.4 Å². The highest BCUT2D eigenvalue weighted by atomic mass is 16.3. The number of hydrogen-bond acceptors (Lipinski definition) is 3. The minimum Gasteiger partial charge on any atom is -0.456 e. The molecule has 1 aliphatic heterocycles. The lowest BCUT2D eigenvalue weighted by Crippen LogP contribution is -2.28. The molecule has 3 aromatic heterocycles. The van der Waals surface area contributed by atoms with E-state index in [-0.39, 0.29) is 12.1 Å². The van der Waals surface area contributed by atoms with Crippen LogP contribution in [0.4, 0.5) is 11.4 Å². The summed E-state index contributed by atoms with van der Waals surface area (Å²) in [6.45, 7) is 0. The second-order valence-electron chi connectivity index (χ2n) is 16.0. The smallest absolute Gasteiger partial charge is 0.135 e. The van der Waals surface area contributed by atoms with Gasteiger partial charge in [0.25, 0.3) is 0 Å². The third-order valence-corrected chi connectivity index (χ3v) is 12.9. The number of hydrogen-bond donors (Lipinski definition) is 0. The maximum atomic E-state index is 6.45. The number of furan rings is 2. The molecule has 3 unspecified atom stereocenters. The highest BCUT2D eigenvalue weighted by Crippen LogP contribution is 2.49. The van der Waals surface area contributed by atoms with Gasteiger partial charge in [-0.05, 0) is 101 Å². The molecule has 274 valence electrons. The van der Waals surface area contributed by atoms with Crippen molar-refractivity contribution in [1.29, 1.82) is 0 Å². The van der Waals surface area contributed by atoms with Crippen molar-refractivity contribution in [2.24, 2.45) is 0 Å². The lowest BCUT2D eigenvalue weighted by atomic mass is 9.91. The molecule has 4 nitrogen and oxygen atoms in total. The zero-order valence-corrected chi connectivity index (χ0v) is 31.5. The number of anilines is 2. The largest absolute Gasteiger partial charge is 0.456 e. The van der Waals surface area contributed by atoms with Gasteiger partial charge in [-0.2, -0.15) is 0 Å². The number of nitrogens with zero attached hydrogens (tertiary/aromatic N) is 2. The van der Waals surface area contributed by atoms with Crippen LogP contribution in [0.5, 0.6) is 0 Å². The van der Waals surface area contributed by atoms with Crippen LogP contribution in [0.3, 0.4) is 0 Å². The minimum absolute atomic E-state index is 0.180. The molecule has 4 heterocycles. The second kappa shape index (κ2) is 12.1. The number of fused-ring (bicyclic) bond motifs is 12. The van der Waals surface area contributed by atoms with Crippen LogP contribution >= 0.6 is 0 Å². The summed E-state index contributed by atoms with van der Waals surface area (Å²) in [7, 11) is 0. The zero-order valence-electron chi connectivity index (χ0n) is 31.5. The highest BCUT2D eigenvalue weighted by molar-refractivity contribution is 6.09. The van der Waals surface area contributed by atoms with Crippen molar-refractivity contribution >= 4 is 72.2 Å². The van der Waals surface area contributed by atoms with Gasteiger partial charge in [0, 0.05) is 67.2 Å². The zero-order chi connectivity index (χ0) is 37.9. The Hall–Kier alpha value is -7.30. The standard InChI is InChI=1S/C54H36N2O2/c1-5-16-47-39(12-1)40-13-2-6-17-48(40)55(47)37-22-26-53-45(31-37)43-29-35(20-24-51(43)57-53)33-10-9-11-34(28-33)36-21-25-52-44(30-36)46-32-38(23-27-54(46)58-52)56-49-18-7-3-14-41(49)42-15-4-8-19-50(42)56/h1-31,38-39,47H,32H2. The van der Waals surface area contributed by atoms with Gasteiger partial charge < -0.3 is 18.3 Å². The van der Waals surface area contributed by atoms with Crippen molar-refractivity contribution in [2.75, 3.05) is 4.90 Å². The monoisotopic (exact) mass is 744 g/mol. The molecule has 3 atom stereocenters. The maximum Gasteiger partial charge on any atom is 0.135 e. The summed E-state index contributed by atoms with van der Waals surface area (Å²) in [6, 6.07) is 55.6. The van der Waals surface area contributed by atoms with Crippen molar-refractivity contribution < 1.29 is 8.83 Å². The third-order valence-electron chi connectivity index (χ3n) is 12.9. The Labute approximate surface area is 334 Å². The SMILES string of the molecule is C1=CC2c3ccccc3N(c3ccc4oc5ccc(-c6cccc(-c7ccc8oc9c(c8c7)CC(n7c8ccccc8c8ccccc87)C=C9)c6)cc5c4c3)C2C=C1. The Kier molecular flexibility index (Phi) is 6.65. The Morgan fingerprint density at radius 1 is 0.483 bits per heavy atom. The molecule has 0 saturated carbocycles. The number of benzene rings is 7. The molecule has 3 aliphatic rings. The molecule has 7 aromatic carbocycles. The first-order valence-electron chi connectivity index (χ1n) is 20.3. The molecule has 4 heteroatoms. The van der Waals surface area contributed by atoms with E-state index in [2.05, 4.69) is 198 Å². The highest BCUT2D eigenvalue weighted by Gasteiger charge is 2.37. The molecule has 0 bridgehead atoms. The van der Waals surface area contributed by atoms with E-state index in [1.807, 2.05) is 0 Å². The summed E-state index contributed by atoms with van der Waals surface area (Å²) in [6.07, 6.45) is 14.4. The fourth-order valence-electron chi connectivity index (χ4n) is 10.2. The summed E-state index contributed by atoms with van der Waals surface area (Å²) < 4.78 is 15.4. The fourth-order valence-corrected chi connectivity index (χ4v) is 10.2. The van der Waals surface area contributed by atoms with Gasteiger partial charge in [-0.3, -0.25) is 0 Å². The minimum atomic E-state index is 0.180. The maximum absolute atomic E-state index is 6.45.